The molecule has 1 fully saturated rings. The van der Waals surface area contributed by atoms with E-state index in [2.05, 4.69) is 5.32 Å². The summed E-state index contributed by atoms with van der Waals surface area (Å²) in [6.07, 6.45) is 3.38. The lowest BCUT2D eigenvalue weighted by atomic mass is 9.80. The third-order valence-electron chi connectivity index (χ3n) is 3.39. The van der Waals surface area contributed by atoms with Crippen molar-refractivity contribution < 1.29 is 4.74 Å². The maximum absolute atomic E-state index is 5.96. The molecule has 0 aliphatic heterocycles. The van der Waals surface area contributed by atoms with Crippen molar-refractivity contribution in [1.82, 2.24) is 0 Å². The summed E-state index contributed by atoms with van der Waals surface area (Å²) >= 11 is 11.8. The Balaban J connectivity index is 2.06. The van der Waals surface area contributed by atoms with Gasteiger partial charge in [-0.3, -0.25) is 0 Å². The second-order valence-electron chi connectivity index (χ2n) is 4.45. The van der Waals surface area contributed by atoms with Crippen LogP contribution in [0, 0.1) is 0 Å². The van der Waals surface area contributed by atoms with Gasteiger partial charge in [0.2, 0.25) is 0 Å². The molecule has 2 rings (SSSR count). The fraction of sp³-hybridized carbons (Fsp3) is 0.500. The van der Waals surface area contributed by atoms with Crippen molar-refractivity contribution in [3.63, 3.8) is 0 Å². The summed E-state index contributed by atoms with van der Waals surface area (Å²) in [5.74, 6) is 0. The van der Waals surface area contributed by atoms with Crippen molar-refractivity contribution >= 4 is 34.6 Å². The molecule has 1 aliphatic carbocycles. The molecule has 0 saturated heterocycles. The molecular weight excluding hydrogens is 259 g/mol. The minimum Gasteiger partial charge on any atom is -0.397 e. The normalized spacial score (nSPS) is 17.6. The number of halogens is 2. The maximum atomic E-state index is 5.96. The predicted octanol–water partition coefficient (Wildman–Crippen LogP) is 3.56. The zero-order valence-electron chi connectivity index (χ0n) is 9.72. The summed E-state index contributed by atoms with van der Waals surface area (Å²) in [4.78, 5) is 0. The van der Waals surface area contributed by atoms with E-state index in [0.29, 0.717) is 15.7 Å². The molecule has 3 N–H and O–H groups in total. The zero-order valence-corrected chi connectivity index (χ0v) is 11.2. The van der Waals surface area contributed by atoms with Gasteiger partial charge in [-0.05, 0) is 31.4 Å². The number of rotatable bonds is 4. The van der Waals surface area contributed by atoms with Crippen molar-refractivity contribution in [2.75, 3.05) is 24.7 Å². The fourth-order valence-electron chi connectivity index (χ4n) is 2.00. The Labute approximate surface area is 111 Å². The molecule has 0 unspecified atom stereocenters. The molecule has 0 atom stereocenters. The minimum atomic E-state index is -0.0431. The molecule has 1 aromatic carbocycles. The van der Waals surface area contributed by atoms with Gasteiger partial charge in [0.25, 0.3) is 0 Å². The number of nitrogens with two attached hydrogens (primary N) is 1. The van der Waals surface area contributed by atoms with Crippen LogP contribution in [0.15, 0.2) is 12.1 Å². The lowest BCUT2D eigenvalue weighted by molar-refractivity contribution is -0.0601. The third-order valence-corrected chi connectivity index (χ3v) is 4.11. The second kappa shape index (κ2) is 4.92. The van der Waals surface area contributed by atoms with Crippen LogP contribution in [0.3, 0.4) is 0 Å². The fourth-order valence-corrected chi connectivity index (χ4v) is 2.33. The van der Waals surface area contributed by atoms with Crippen LogP contribution in [0.4, 0.5) is 11.4 Å². The lowest BCUT2D eigenvalue weighted by Gasteiger charge is -2.40. The van der Waals surface area contributed by atoms with Crippen LogP contribution in [-0.2, 0) is 4.74 Å². The van der Waals surface area contributed by atoms with Crippen molar-refractivity contribution in [1.29, 1.82) is 0 Å². The van der Waals surface area contributed by atoms with Crippen molar-refractivity contribution in [2.45, 2.75) is 24.9 Å². The standard InChI is InChI=1S/C12H16Cl2N2O/c1-17-12(3-2-4-12)7-16-11-6-9(14)8(13)5-10(11)15/h5-6,16H,2-4,7,15H2,1H3. The van der Waals surface area contributed by atoms with E-state index < -0.39 is 0 Å². The molecule has 5 heteroatoms. The van der Waals surface area contributed by atoms with Crippen LogP contribution in [0.1, 0.15) is 19.3 Å². The van der Waals surface area contributed by atoms with Gasteiger partial charge >= 0.3 is 0 Å². The summed E-state index contributed by atoms with van der Waals surface area (Å²) in [5.41, 5.74) is 7.24. The Kier molecular flexibility index (Phi) is 3.71. The Bertz CT molecular complexity index is 414. The Morgan fingerprint density at radius 3 is 2.53 bits per heavy atom. The highest BCUT2D eigenvalue weighted by atomic mass is 35.5. The molecule has 0 radical (unpaired) electrons. The van der Waals surface area contributed by atoms with E-state index in [0.717, 1.165) is 25.1 Å². The number of benzene rings is 1. The molecule has 1 saturated carbocycles. The number of nitrogens with one attached hydrogen (secondary N) is 1. The van der Waals surface area contributed by atoms with Crippen molar-refractivity contribution in [2.24, 2.45) is 0 Å². The van der Waals surface area contributed by atoms with E-state index in [4.69, 9.17) is 33.7 Å². The molecule has 0 heterocycles. The smallest absolute Gasteiger partial charge is 0.0850 e. The van der Waals surface area contributed by atoms with Gasteiger partial charge in [0.05, 0.1) is 27.0 Å². The molecule has 0 amide bonds. The summed E-state index contributed by atoms with van der Waals surface area (Å²) < 4.78 is 5.53. The third kappa shape index (κ3) is 2.62. The molecular formula is C12H16Cl2N2O. The van der Waals surface area contributed by atoms with Gasteiger partial charge < -0.3 is 15.8 Å². The van der Waals surface area contributed by atoms with Crippen LogP contribution in [-0.4, -0.2) is 19.3 Å². The van der Waals surface area contributed by atoms with Crippen molar-refractivity contribution in [3.05, 3.63) is 22.2 Å². The van der Waals surface area contributed by atoms with Crippen LogP contribution >= 0.6 is 23.2 Å². The highest BCUT2D eigenvalue weighted by Gasteiger charge is 2.36. The van der Waals surface area contributed by atoms with Crippen LogP contribution in [0.25, 0.3) is 0 Å². The first kappa shape index (κ1) is 12.8. The van der Waals surface area contributed by atoms with Gasteiger partial charge in [-0.2, -0.15) is 0 Å². The lowest BCUT2D eigenvalue weighted by Crippen LogP contribution is -2.45. The van der Waals surface area contributed by atoms with Crippen molar-refractivity contribution in [3.8, 4) is 0 Å². The number of anilines is 2. The number of ether oxygens (including phenoxy) is 1. The SMILES string of the molecule is COC1(CNc2cc(Cl)c(Cl)cc2N)CCC1. The Morgan fingerprint density at radius 1 is 1.35 bits per heavy atom. The summed E-state index contributed by atoms with van der Waals surface area (Å²) in [7, 11) is 1.75. The van der Waals surface area contributed by atoms with Gasteiger partial charge in [0, 0.05) is 13.7 Å². The molecule has 0 bridgehead atoms. The summed E-state index contributed by atoms with van der Waals surface area (Å²) in [5, 5.41) is 4.26. The molecule has 0 aromatic heterocycles. The quantitative estimate of drug-likeness (QED) is 0.826. The second-order valence-corrected chi connectivity index (χ2v) is 5.26. The number of nitrogen functional groups attached to an aromatic ring is 1. The summed E-state index contributed by atoms with van der Waals surface area (Å²) in [6, 6.07) is 3.41. The van der Waals surface area contributed by atoms with Gasteiger partial charge in [0.15, 0.2) is 0 Å². The number of hydrogen-bond donors (Lipinski definition) is 2. The molecule has 0 spiro atoms. The van der Waals surface area contributed by atoms with E-state index in [1.165, 1.54) is 6.42 Å². The Morgan fingerprint density at radius 2 is 2.00 bits per heavy atom. The highest BCUT2D eigenvalue weighted by Crippen LogP contribution is 2.36. The van der Waals surface area contributed by atoms with Crippen LogP contribution in [0.2, 0.25) is 10.0 Å². The van der Waals surface area contributed by atoms with E-state index >= 15 is 0 Å². The van der Waals surface area contributed by atoms with Gasteiger partial charge in [-0.1, -0.05) is 23.2 Å². The topological polar surface area (TPSA) is 47.3 Å². The van der Waals surface area contributed by atoms with E-state index in [1.807, 2.05) is 0 Å². The van der Waals surface area contributed by atoms with Gasteiger partial charge in [-0.15, -0.1) is 0 Å². The predicted molar refractivity (Wildman–Crippen MR) is 73.0 cm³/mol. The van der Waals surface area contributed by atoms with Crippen LogP contribution in [0.5, 0.6) is 0 Å². The van der Waals surface area contributed by atoms with E-state index in [9.17, 15) is 0 Å². The van der Waals surface area contributed by atoms with E-state index in [-0.39, 0.29) is 5.60 Å². The van der Waals surface area contributed by atoms with Gasteiger partial charge in [0.1, 0.15) is 0 Å². The number of hydrogen-bond acceptors (Lipinski definition) is 3. The molecule has 17 heavy (non-hydrogen) atoms. The average molecular weight is 275 g/mol. The monoisotopic (exact) mass is 274 g/mol. The first-order chi connectivity index (χ1) is 8.06. The zero-order chi connectivity index (χ0) is 12.5. The highest BCUT2D eigenvalue weighted by molar-refractivity contribution is 6.42. The first-order valence-corrected chi connectivity index (χ1v) is 6.35. The first-order valence-electron chi connectivity index (χ1n) is 5.60. The molecule has 1 aromatic rings. The molecule has 1 aliphatic rings. The number of methoxy groups -OCH3 is 1. The van der Waals surface area contributed by atoms with Crippen LogP contribution < -0.4 is 11.1 Å². The maximum Gasteiger partial charge on any atom is 0.0850 e. The molecule has 3 nitrogen and oxygen atoms in total. The largest absolute Gasteiger partial charge is 0.397 e. The molecule has 94 valence electrons. The van der Waals surface area contributed by atoms with E-state index in [1.54, 1.807) is 19.2 Å². The average Bonchev–Trinajstić information content (AvgIpc) is 2.24. The minimum absolute atomic E-state index is 0.0431. The van der Waals surface area contributed by atoms with Gasteiger partial charge in [-0.25, -0.2) is 0 Å². The Hall–Kier alpha value is -0.640. The summed E-state index contributed by atoms with van der Waals surface area (Å²) in [6.45, 7) is 0.742.